The molecule has 3 rings (SSSR count). The first-order chi connectivity index (χ1) is 10.6. The van der Waals surface area contributed by atoms with Crippen molar-refractivity contribution in [3.05, 3.63) is 58.3 Å². The normalized spacial score (nSPS) is 16.5. The number of amides is 1. The fourth-order valence-corrected chi connectivity index (χ4v) is 3.92. The minimum absolute atomic E-state index is 0.260. The molecule has 1 unspecified atom stereocenters. The Morgan fingerprint density at radius 3 is 2.73 bits per heavy atom. The van der Waals surface area contributed by atoms with Crippen molar-refractivity contribution in [3.63, 3.8) is 0 Å². The summed E-state index contributed by atoms with van der Waals surface area (Å²) in [5.41, 5.74) is 1.65. The lowest BCUT2D eigenvalue weighted by molar-refractivity contribution is 0.159. The molecule has 0 spiro atoms. The molecule has 1 heterocycles. The van der Waals surface area contributed by atoms with E-state index in [9.17, 15) is 9.18 Å². The smallest absolute Gasteiger partial charge is 0.415 e. The van der Waals surface area contributed by atoms with Crippen LogP contribution in [0.2, 0.25) is 0 Å². The summed E-state index contributed by atoms with van der Waals surface area (Å²) in [6.45, 7) is 2.08. The van der Waals surface area contributed by atoms with Gasteiger partial charge in [0.15, 0.2) is 0 Å². The Labute approximate surface area is 140 Å². The molecule has 114 valence electrons. The Balaban J connectivity index is 2.03. The first-order valence-electron chi connectivity index (χ1n) is 6.78. The highest BCUT2D eigenvalue weighted by atomic mass is 79.9. The predicted molar refractivity (Wildman–Crippen MR) is 88.6 cm³/mol. The van der Waals surface area contributed by atoms with Gasteiger partial charge in [0, 0.05) is 9.37 Å². The summed E-state index contributed by atoms with van der Waals surface area (Å²) in [4.78, 5) is 15.0. The summed E-state index contributed by atoms with van der Waals surface area (Å²) < 4.78 is 19.2. The third-order valence-electron chi connectivity index (χ3n) is 3.27. The zero-order valence-corrected chi connectivity index (χ0v) is 14.2. The van der Waals surface area contributed by atoms with Gasteiger partial charge >= 0.3 is 6.09 Å². The number of benzene rings is 2. The van der Waals surface area contributed by atoms with Gasteiger partial charge < -0.3 is 4.74 Å². The first kappa shape index (κ1) is 15.4. The molecule has 0 saturated carbocycles. The Kier molecular flexibility index (Phi) is 4.40. The molecule has 1 atom stereocenters. The van der Waals surface area contributed by atoms with Gasteiger partial charge in [-0.3, -0.25) is 4.90 Å². The first-order valence-corrected chi connectivity index (χ1v) is 8.45. The highest BCUT2D eigenvalue weighted by Gasteiger charge is 2.36. The summed E-state index contributed by atoms with van der Waals surface area (Å²) >= 11 is 4.98. The number of halogens is 2. The van der Waals surface area contributed by atoms with E-state index in [4.69, 9.17) is 4.74 Å². The molecule has 2 aromatic rings. The predicted octanol–water partition coefficient (Wildman–Crippen LogP) is 5.36. The van der Waals surface area contributed by atoms with Crippen LogP contribution < -0.4 is 4.90 Å². The van der Waals surface area contributed by atoms with Crippen LogP contribution in [0, 0.1) is 5.82 Å². The molecule has 2 aromatic carbocycles. The number of carbonyl (C=O) groups excluding carboxylic acids is 1. The molecule has 0 bridgehead atoms. The zero-order chi connectivity index (χ0) is 15.7. The van der Waals surface area contributed by atoms with E-state index in [1.165, 1.54) is 12.1 Å². The molecule has 0 aromatic heterocycles. The summed E-state index contributed by atoms with van der Waals surface area (Å²) in [6.07, 6.45) is -0.402. The van der Waals surface area contributed by atoms with Crippen LogP contribution >= 0.6 is 27.7 Å². The molecule has 3 nitrogen and oxygen atoms in total. The third kappa shape index (κ3) is 2.85. The zero-order valence-electron chi connectivity index (χ0n) is 11.8. The van der Waals surface area contributed by atoms with Crippen LogP contribution in [0.5, 0.6) is 0 Å². The standard InChI is InChI=1S/C16H13BrFNO2S/c1-2-21-16(20)19-13-9-11(17)5-8-14(13)22-15(19)10-3-6-12(18)7-4-10/h3-9,15H,2H2,1H3. The second-order valence-corrected chi connectivity index (χ2v) is 6.74. The average Bonchev–Trinajstić information content (AvgIpc) is 2.86. The molecule has 6 heteroatoms. The SMILES string of the molecule is CCOC(=O)N1c2cc(Br)ccc2SC1c1ccc(F)cc1. The third-order valence-corrected chi connectivity index (χ3v) is 5.07. The maximum Gasteiger partial charge on any atom is 0.415 e. The summed E-state index contributed by atoms with van der Waals surface area (Å²) in [7, 11) is 0. The average molecular weight is 382 g/mol. The van der Waals surface area contributed by atoms with Gasteiger partial charge in [-0.2, -0.15) is 0 Å². The van der Waals surface area contributed by atoms with Crippen LogP contribution in [0.15, 0.2) is 51.8 Å². The Morgan fingerprint density at radius 1 is 1.32 bits per heavy atom. The van der Waals surface area contributed by atoms with Crippen LogP contribution in [0.4, 0.5) is 14.9 Å². The summed E-state index contributed by atoms with van der Waals surface area (Å²) in [6, 6.07) is 12.0. The molecule has 0 radical (unpaired) electrons. The van der Waals surface area contributed by atoms with Gasteiger partial charge in [-0.05, 0) is 42.8 Å². The van der Waals surface area contributed by atoms with Crippen molar-refractivity contribution in [2.75, 3.05) is 11.5 Å². The van der Waals surface area contributed by atoms with Crippen molar-refractivity contribution < 1.29 is 13.9 Å². The maximum absolute atomic E-state index is 13.1. The van der Waals surface area contributed by atoms with E-state index in [-0.39, 0.29) is 11.2 Å². The molecular formula is C16H13BrFNO2S. The molecule has 0 aliphatic carbocycles. The summed E-state index contributed by atoms with van der Waals surface area (Å²) in [5, 5.41) is -0.260. The van der Waals surface area contributed by atoms with Crippen LogP contribution in [0.1, 0.15) is 17.9 Å². The Hall–Kier alpha value is -1.53. The molecule has 0 saturated heterocycles. The Bertz CT molecular complexity index is 708. The van der Waals surface area contributed by atoms with Crippen molar-refractivity contribution in [1.29, 1.82) is 0 Å². The van der Waals surface area contributed by atoms with E-state index in [0.717, 1.165) is 20.6 Å². The lowest BCUT2D eigenvalue weighted by atomic mass is 10.2. The van der Waals surface area contributed by atoms with E-state index in [1.54, 1.807) is 35.7 Å². The van der Waals surface area contributed by atoms with Crippen molar-refractivity contribution in [2.24, 2.45) is 0 Å². The fourth-order valence-electron chi connectivity index (χ4n) is 2.31. The van der Waals surface area contributed by atoms with Crippen molar-refractivity contribution >= 4 is 39.5 Å². The monoisotopic (exact) mass is 381 g/mol. The van der Waals surface area contributed by atoms with Crippen molar-refractivity contribution in [2.45, 2.75) is 17.2 Å². The molecular weight excluding hydrogens is 369 g/mol. The second-order valence-electron chi connectivity index (χ2n) is 4.70. The van der Waals surface area contributed by atoms with E-state index in [0.29, 0.717) is 6.61 Å². The number of carbonyl (C=O) groups is 1. The van der Waals surface area contributed by atoms with E-state index in [2.05, 4.69) is 15.9 Å². The van der Waals surface area contributed by atoms with E-state index in [1.807, 2.05) is 18.2 Å². The molecule has 1 aliphatic rings. The van der Waals surface area contributed by atoms with Crippen LogP contribution in [-0.4, -0.2) is 12.7 Å². The lowest BCUT2D eigenvalue weighted by Crippen LogP contribution is -2.31. The second kappa shape index (κ2) is 6.30. The molecule has 0 fully saturated rings. The number of fused-ring (bicyclic) bond motifs is 1. The van der Waals surface area contributed by atoms with E-state index >= 15 is 0 Å². The van der Waals surface area contributed by atoms with Gasteiger partial charge in [0.25, 0.3) is 0 Å². The maximum atomic E-state index is 13.1. The highest BCUT2D eigenvalue weighted by Crippen LogP contribution is 2.52. The van der Waals surface area contributed by atoms with E-state index < -0.39 is 6.09 Å². The Morgan fingerprint density at radius 2 is 2.05 bits per heavy atom. The molecule has 1 amide bonds. The van der Waals surface area contributed by atoms with Gasteiger partial charge in [0.1, 0.15) is 11.2 Å². The number of nitrogens with zero attached hydrogens (tertiary/aromatic N) is 1. The number of anilines is 1. The van der Waals surface area contributed by atoms with Gasteiger partial charge in [-0.15, -0.1) is 0 Å². The van der Waals surface area contributed by atoms with Crippen molar-refractivity contribution in [3.8, 4) is 0 Å². The number of ether oxygens (including phenoxy) is 1. The fraction of sp³-hybridized carbons (Fsp3) is 0.188. The number of thioether (sulfide) groups is 1. The number of hydrogen-bond acceptors (Lipinski definition) is 3. The highest BCUT2D eigenvalue weighted by molar-refractivity contribution is 9.10. The molecule has 1 aliphatic heterocycles. The number of hydrogen-bond donors (Lipinski definition) is 0. The van der Waals surface area contributed by atoms with Gasteiger partial charge in [0.05, 0.1) is 12.3 Å². The van der Waals surface area contributed by atoms with Gasteiger partial charge in [-0.25, -0.2) is 9.18 Å². The molecule has 0 N–H and O–H groups in total. The van der Waals surface area contributed by atoms with Gasteiger partial charge in [-0.1, -0.05) is 39.8 Å². The topological polar surface area (TPSA) is 29.5 Å². The quantitative estimate of drug-likeness (QED) is 0.701. The largest absolute Gasteiger partial charge is 0.449 e. The van der Waals surface area contributed by atoms with Crippen LogP contribution in [-0.2, 0) is 4.74 Å². The molecule has 22 heavy (non-hydrogen) atoms. The number of rotatable bonds is 2. The van der Waals surface area contributed by atoms with Gasteiger partial charge in [0.2, 0.25) is 0 Å². The van der Waals surface area contributed by atoms with Crippen LogP contribution in [0.25, 0.3) is 0 Å². The van der Waals surface area contributed by atoms with Crippen LogP contribution in [0.3, 0.4) is 0 Å². The minimum atomic E-state index is -0.402. The van der Waals surface area contributed by atoms with Crippen molar-refractivity contribution in [1.82, 2.24) is 0 Å². The lowest BCUT2D eigenvalue weighted by Gasteiger charge is -2.24. The summed E-state index contributed by atoms with van der Waals surface area (Å²) in [5.74, 6) is -0.297. The minimum Gasteiger partial charge on any atom is -0.449 e.